The van der Waals surface area contributed by atoms with Gasteiger partial charge in [0.2, 0.25) is 0 Å². The normalized spacial score (nSPS) is 13.2. The second-order valence-electron chi connectivity index (χ2n) is 5.19. The summed E-state index contributed by atoms with van der Waals surface area (Å²) >= 11 is 0. The van der Waals surface area contributed by atoms with Crippen LogP contribution in [0.5, 0.6) is 0 Å². The van der Waals surface area contributed by atoms with Crippen molar-refractivity contribution in [1.29, 1.82) is 0 Å². The van der Waals surface area contributed by atoms with Gasteiger partial charge in [-0.05, 0) is 18.5 Å². The zero-order valence-electron chi connectivity index (χ0n) is 11.3. The van der Waals surface area contributed by atoms with Gasteiger partial charge in [-0.1, -0.05) is 13.3 Å². The summed E-state index contributed by atoms with van der Waals surface area (Å²) in [6.45, 7) is 3.38. The molecule has 0 rings (SSSR count). The van der Waals surface area contributed by atoms with E-state index in [4.69, 9.17) is 8.85 Å². The van der Waals surface area contributed by atoms with Gasteiger partial charge < -0.3 is 13.3 Å². The third-order valence-corrected chi connectivity index (χ3v) is 6.63. The van der Waals surface area contributed by atoms with Gasteiger partial charge in [0.05, 0.1) is 27.7 Å². The maximum atomic E-state index is 5.65. The summed E-state index contributed by atoms with van der Waals surface area (Å²) in [7, 11) is 8.43. The van der Waals surface area contributed by atoms with Gasteiger partial charge in [0.25, 0.3) is 0 Å². The molecule has 3 nitrogen and oxygen atoms in total. The summed E-state index contributed by atoms with van der Waals surface area (Å²) in [5, 5.41) is 0. The molecule has 0 atom stereocenters. The van der Waals surface area contributed by atoms with Crippen molar-refractivity contribution in [2.75, 3.05) is 41.9 Å². The van der Waals surface area contributed by atoms with Crippen molar-refractivity contribution in [3.63, 3.8) is 0 Å². The van der Waals surface area contributed by atoms with E-state index in [2.05, 4.69) is 28.1 Å². The van der Waals surface area contributed by atoms with Gasteiger partial charge in [0, 0.05) is 14.2 Å². The van der Waals surface area contributed by atoms with E-state index in [-0.39, 0.29) is 0 Å². The van der Waals surface area contributed by atoms with E-state index in [1.54, 1.807) is 14.2 Å². The van der Waals surface area contributed by atoms with Gasteiger partial charge in [-0.3, -0.25) is 0 Å². The minimum Gasteiger partial charge on any atom is -0.398 e. The van der Waals surface area contributed by atoms with Crippen LogP contribution in [0.4, 0.5) is 0 Å². The van der Waals surface area contributed by atoms with Crippen LogP contribution in [0.2, 0.25) is 12.1 Å². The van der Waals surface area contributed by atoms with Gasteiger partial charge in [-0.25, -0.2) is 0 Å². The fourth-order valence-electron chi connectivity index (χ4n) is 1.82. The van der Waals surface area contributed by atoms with Crippen LogP contribution in [0.15, 0.2) is 0 Å². The van der Waals surface area contributed by atoms with E-state index in [0.29, 0.717) is 0 Å². The van der Waals surface area contributed by atoms with E-state index in [1.807, 2.05) is 0 Å². The standard InChI is InChI=1S/C11H28NO2Si/c1-7-10-15(13-5,14-6)11-8-9-12(2,3)4/h7-11H2,1-6H3/q+1. The lowest BCUT2D eigenvalue weighted by molar-refractivity contribution is -0.870. The number of rotatable bonds is 8. The highest BCUT2D eigenvalue weighted by Crippen LogP contribution is 2.21. The highest BCUT2D eigenvalue weighted by atomic mass is 28.4. The monoisotopic (exact) mass is 234 g/mol. The lowest BCUT2D eigenvalue weighted by Gasteiger charge is -2.29. The molecule has 0 aromatic heterocycles. The van der Waals surface area contributed by atoms with Crippen molar-refractivity contribution in [1.82, 2.24) is 0 Å². The van der Waals surface area contributed by atoms with Crippen LogP contribution in [-0.4, -0.2) is 55.0 Å². The van der Waals surface area contributed by atoms with E-state index >= 15 is 0 Å². The number of nitrogens with zero attached hydrogens (tertiary/aromatic N) is 1. The van der Waals surface area contributed by atoms with Gasteiger partial charge in [-0.2, -0.15) is 0 Å². The molecule has 15 heavy (non-hydrogen) atoms. The van der Waals surface area contributed by atoms with Crippen LogP contribution in [0.3, 0.4) is 0 Å². The smallest absolute Gasteiger partial charge is 0.337 e. The molecule has 92 valence electrons. The van der Waals surface area contributed by atoms with Crippen LogP contribution >= 0.6 is 0 Å². The third kappa shape index (κ3) is 6.30. The molecule has 0 radical (unpaired) electrons. The van der Waals surface area contributed by atoms with E-state index in [9.17, 15) is 0 Å². The molecule has 0 spiro atoms. The van der Waals surface area contributed by atoms with Crippen molar-refractivity contribution in [2.45, 2.75) is 31.9 Å². The average Bonchev–Trinajstić information content (AvgIpc) is 2.14. The number of quaternary nitrogens is 1. The lowest BCUT2D eigenvalue weighted by Crippen LogP contribution is -2.42. The summed E-state index contributed by atoms with van der Waals surface area (Å²) in [6, 6.07) is 2.22. The Bertz CT molecular complexity index is 164. The molecule has 0 aliphatic heterocycles. The quantitative estimate of drug-likeness (QED) is 0.474. The SMILES string of the molecule is CCC[Si](CCC[N+](C)(C)C)(OC)OC. The van der Waals surface area contributed by atoms with Gasteiger partial charge in [0.1, 0.15) is 0 Å². The molecule has 0 N–H and O–H groups in total. The predicted octanol–water partition coefficient (Wildman–Crippen LogP) is 2.23. The second kappa shape index (κ2) is 6.63. The van der Waals surface area contributed by atoms with Crippen molar-refractivity contribution >= 4 is 8.56 Å². The summed E-state index contributed by atoms with van der Waals surface area (Å²) < 4.78 is 12.3. The molecule has 0 amide bonds. The molecule has 0 fully saturated rings. The van der Waals surface area contributed by atoms with Crippen LogP contribution in [0, 0.1) is 0 Å². The number of hydrogen-bond acceptors (Lipinski definition) is 2. The van der Waals surface area contributed by atoms with Crippen molar-refractivity contribution < 1.29 is 13.3 Å². The Morgan fingerprint density at radius 1 is 1.00 bits per heavy atom. The van der Waals surface area contributed by atoms with Crippen LogP contribution < -0.4 is 0 Å². The first kappa shape index (κ1) is 15.1. The largest absolute Gasteiger partial charge is 0.398 e. The molecule has 0 aromatic carbocycles. The molecule has 4 heteroatoms. The van der Waals surface area contributed by atoms with Gasteiger partial charge in [-0.15, -0.1) is 0 Å². The first-order valence-corrected chi connectivity index (χ1v) is 8.03. The Labute approximate surface area is 96.2 Å². The zero-order valence-corrected chi connectivity index (χ0v) is 12.3. The maximum Gasteiger partial charge on any atom is 0.337 e. The summed E-state index contributed by atoms with van der Waals surface area (Å²) in [5.74, 6) is 0. The fraction of sp³-hybridized carbons (Fsp3) is 1.00. The molecule has 0 aliphatic rings. The van der Waals surface area contributed by atoms with Gasteiger partial charge >= 0.3 is 8.56 Å². The van der Waals surface area contributed by atoms with Crippen molar-refractivity contribution in [2.24, 2.45) is 0 Å². The Morgan fingerprint density at radius 2 is 1.53 bits per heavy atom. The minimum atomic E-state index is -1.85. The Kier molecular flexibility index (Phi) is 6.67. The first-order valence-electron chi connectivity index (χ1n) is 5.80. The summed E-state index contributed by atoms with van der Waals surface area (Å²) in [6.07, 6.45) is 2.34. The van der Waals surface area contributed by atoms with Crippen molar-refractivity contribution in [3.05, 3.63) is 0 Å². The summed E-state index contributed by atoms with van der Waals surface area (Å²) in [5.41, 5.74) is 0. The molecule has 0 unspecified atom stereocenters. The lowest BCUT2D eigenvalue weighted by atomic mass is 10.4. The highest BCUT2D eigenvalue weighted by molar-refractivity contribution is 6.67. The third-order valence-electron chi connectivity index (χ3n) is 2.76. The maximum absolute atomic E-state index is 5.65. The molecule has 0 saturated heterocycles. The Hall–Kier alpha value is 0.0969. The van der Waals surface area contributed by atoms with E-state index in [0.717, 1.165) is 23.0 Å². The van der Waals surface area contributed by atoms with E-state index in [1.165, 1.54) is 13.0 Å². The molecule has 0 aromatic rings. The molecule has 0 saturated carbocycles. The fourth-order valence-corrected chi connectivity index (χ4v) is 4.51. The topological polar surface area (TPSA) is 18.5 Å². The number of hydrogen-bond donors (Lipinski definition) is 0. The zero-order chi connectivity index (χ0) is 11.9. The van der Waals surface area contributed by atoms with Crippen LogP contribution in [0.25, 0.3) is 0 Å². The highest BCUT2D eigenvalue weighted by Gasteiger charge is 2.34. The molecular weight excluding hydrogens is 206 g/mol. The second-order valence-corrected chi connectivity index (χ2v) is 8.82. The molecule has 0 heterocycles. The van der Waals surface area contributed by atoms with Gasteiger partial charge in [0.15, 0.2) is 0 Å². The molecule has 0 bridgehead atoms. The van der Waals surface area contributed by atoms with Crippen LogP contribution in [0.1, 0.15) is 19.8 Å². The van der Waals surface area contributed by atoms with Crippen LogP contribution in [-0.2, 0) is 8.85 Å². The van der Waals surface area contributed by atoms with E-state index < -0.39 is 8.56 Å². The average molecular weight is 234 g/mol. The Morgan fingerprint density at radius 3 is 1.87 bits per heavy atom. The molecule has 0 aliphatic carbocycles. The molecular formula is C11H28NO2Si+. The van der Waals surface area contributed by atoms with Crippen molar-refractivity contribution in [3.8, 4) is 0 Å². The Balaban J connectivity index is 4.06. The first-order chi connectivity index (χ1) is 6.89. The predicted molar refractivity (Wildman–Crippen MR) is 67.2 cm³/mol. The minimum absolute atomic E-state index is 1.02. The summed E-state index contributed by atoms with van der Waals surface area (Å²) in [4.78, 5) is 0.